The zero-order chi connectivity index (χ0) is 29.8. The first-order chi connectivity index (χ1) is 21.7. The summed E-state index contributed by atoms with van der Waals surface area (Å²) in [6.07, 6.45) is 11.1. The molecule has 2 heterocycles. The second-order valence-corrected chi connectivity index (χ2v) is 10.7. The summed E-state index contributed by atoms with van der Waals surface area (Å²) in [5, 5.41) is 2.00. The van der Waals surface area contributed by atoms with Crippen LogP contribution in [0.3, 0.4) is 0 Å². The van der Waals surface area contributed by atoms with Gasteiger partial charge >= 0.3 is 0 Å². The molecule has 7 aromatic rings. The summed E-state index contributed by atoms with van der Waals surface area (Å²) in [5.41, 5.74) is 6.07. The average molecular weight is 568 g/mol. The van der Waals surface area contributed by atoms with E-state index in [1.807, 2.05) is 73.1 Å². The molecule has 4 heteroatoms. The minimum Gasteiger partial charge on any atom is -0.318 e. The van der Waals surface area contributed by atoms with Gasteiger partial charge in [-0.2, -0.15) is 0 Å². The molecule has 0 saturated carbocycles. The molecular weight excluding hydrogens is 538 g/mol. The smallest absolute Gasteiger partial charge is 0.185 e. The fraction of sp³-hybridized carbons (Fsp3) is 0.0250. The third-order valence-corrected chi connectivity index (χ3v) is 8.12. The molecule has 0 aliphatic carbocycles. The Morgan fingerprint density at radius 1 is 0.659 bits per heavy atom. The molecule has 7 rings (SSSR count). The number of allylic oxidation sites excluding steroid dienone is 1. The Hall–Kier alpha value is -5.87. The van der Waals surface area contributed by atoms with Gasteiger partial charge in [0.1, 0.15) is 5.54 Å². The summed E-state index contributed by atoms with van der Waals surface area (Å²) in [4.78, 5) is 22.3. The third-order valence-electron chi connectivity index (χ3n) is 8.12. The number of pyridine rings is 1. The van der Waals surface area contributed by atoms with Gasteiger partial charge in [0, 0.05) is 35.1 Å². The summed E-state index contributed by atoms with van der Waals surface area (Å²) in [5.74, 6) is -0.0553. The van der Waals surface area contributed by atoms with Gasteiger partial charge in [-0.3, -0.25) is 9.78 Å². The van der Waals surface area contributed by atoms with Crippen LogP contribution in [0.25, 0.3) is 28.1 Å². The first-order valence-electron chi connectivity index (χ1n) is 14.6. The number of ketones is 1. The van der Waals surface area contributed by atoms with E-state index in [1.54, 1.807) is 18.5 Å². The van der Waals surface area contributed by atoms with Crippen molar-refractivity contribution in [3.63, 3.8) is 0 Å². The summed E-state index contributed by atoms with van der Waals surface area (Å²) in [6, 6.07) is 47.3. The van der Waals surface area contributed by atoms with Crippen molar-refractivity contribution < 1.29 is 4.79 Å². The molecule has 0 amide bonds. The Labute approximate surface area is 256 Å². The Balaban J connectivity index is 1.31. The second-order valence-electron chi connectivity index (χ2n) is 10.7. The number of aromatic nitrogens is 3. The predicted octanol–water partition coefficient (Wildman–Crippen LogP) is 8.83. The topological polar surface area (TPSA) is 47.8 Å². The maximum absolute atomic E-state index is 13.2. The summed E-state index contributed by atoms with van der Waals surface area (Å²) >= 11 is 0. The van der Waals surface area contributed by atoms with Gasteiger partial charge in [-0.15, -0.1) is 0 Å². The molecule has 0 atom stereocenters. The number of nitrogens with zero attached hydrogens (tertiary/aromatic N) is 3. The lowest BCUT2D eigenvalue weighted by atomic mass is 9.77. The highest BCUT2D eigenvalue weighted by atomic mass is 16.1. The standard InChI is InChI=1S/C40H29N3O/c44-39(32-20-21-33-27-41-25-24-31(33)26-32)23-22-30-12-10-11-19-37(30)38-28-43(29-42-38)40(34-13-4-1-5-14-34,35-15-6-2-7-16-35)36-17-8-3-9-18-36/h1-29H. The highest BCUT2D eigenvalue weighted by molar-refractivity contribution is 6.09. The number of benzene rings is 5. The van der Waals surface area contributed by atoms with Crippen LogP contribution in [-0.2, 0) is 5.54 Å². The van der Waals surface area contributed by atoms with Crippen LogP contribution in [0.15, 0.2) is 171 Å². The van der Waals surface area contributed by atoms with Gasteiger partial charge in [-0.1, -0.05) is 133 Å². The molecule has 0 fully saturated rings. The van der Waals surface area contributed by atoms with Gasteiger partial charge in [-0.05, 0) is 45.8 Å². The minimum atomic E-state index is -0.651. The van der Waals surface area contributed by atoms with Crippen LogP contribution in [-0.4, -0.2) is 20.3 Å². The van der Waals surface area contributed by atoms with E-state index in [-0.39, 0.29) is 5.78 Å². The van der Waals surface area contributed by atoms with E-state index in [2.05, 4.69) is 94.6 Å². The van der Waals surface area contributed by atoms with Crippen molar-refractivity contribution in [2.45, 2.75) is 5.54 Å². The van der Waals surface area contributed by atoms with E-state index in [0.717, 1.165) is 44.3 Å². The largest absolute Gasteiger partial charge is 0.318 e. The zero-order valence-electron chi connectivity index (χ0n) is 24.0. The Morgan fingerprint density at radius 3 is 1.93 bits per heavy atom. The van der Waals surface area contributed by atoms with Crippen molar-refractivity contribution in [2.75, 3.05) is 0 Å². The molecule has 0 unspecified atom stereocenters. The van der Waals surface area contributed by atoms with E-state index in [1.165, 1.54) is 0 Å². The van der Waals surface area contributed by atoms with Gasteiger partial charge in [0.15, 0.2) is 5.78 Å². The zero-order valence-corrected chi connectivity index (χ0v) is 24.0. The Kier molecular flexibility index (Phi) is 7.23. The Morgan fingerprint density at radius 2 is 1.27 bits per heavy atom. The minimum absolute atomic E-state index is 0.0553. The lowest BCUT2D eigenvalue weighted by molar-refractivity contribution is 0.104. The normalized spacial score (nSPS) is 11.6. The average Bonchev–Trinajstić information content (AvgIpc) is 3.59. The molecule has 0 aliphatic rings. The number of fused-ring (bicyclic) bond motifs is 1. The van der Waals surface area contributed by atoms with E-state index in [0.29, 0.717) is 5.56 Å². The van der Waals surface area contributed by atoms with E-state index >= 15 is 0 Å². The van der Waals surface area contributed by atoms with Crippen molar-refractivity contribution in [3.8, 4) is 11.3 Å². The molecule has 210 valence electrons. The molecule has 0 bridgehead atoms. The summed E-state index contributed by atoms with van der Waals surface area (Å²) in [7, 11) is 0. The van der Waals surface area contributed by atoms with Crippen LogP contribution >= 0.6 is 0 Å². The summed E-state index contributed by atoms with van der Waals surface area (Å²) in [6.45, 7) is 0. The molecule has 5 aromatic carbocycles. The molecule has 2 aromatic heterocycles. The van der Waals surface area contributed by atoms with Crippen LogP contribution in [0.2, 0.25) is 0 Å². The molecular formula is C40H29N3O. The van der Waals surface area contributed by atoms with Crippen LogP contribution < -0.4 is 0 Å². The van der Waals surface area contributed by atoms with Crippen molar-refractivity contribution in [1.82, 2.24) is 14.5 Å². The first-order valence-corrected chi connectivity index (χ1v) is 14.6. The maximum Gasteiger partial charge on any atom is 0.185 e. The molecule has 0 radical (unpaired) electrons. The quantitative estimate of drug-likeness (QED) is 0.105. The molecule has 0 spiro atoms. The maximum atomic E-state index is 13.2. The molecule has 0 N–H and O–H groups in total. The van der Waals surface area contributed by atoms with Crippen LogP contribution in [0.1, 0.15) is 32.6 Å². The van der Waals surface area contributed by atoms with Gasteiger partial charge < -0.3 is 4.57 Å². The molecule has 0 saturated heterocycles. The summed E-state index contributed by atoms with van der Waals surface area (Å²) < 4.78 is 2.21. The monoisotopic (exact) mass is 567 g/mol. The van der Waals surface area contributed by atoms with Crippen molar-refractivity contribution in [2.24, 2.45) is 0 Å². The van der Waals surface area contributed by atoms with Gasteiger partial charge in [0.05, 0.1) is 12.0 Å². The Bertz CT molecular complexity index is 1980. The van der Waals surface area contributed by atoms with Gasteiger partial charge in [-0.25, -0.2) is 4.98 Å². The van der Waals surface area contributed by atoms with Crippen LogP contribution in [0.5, 0.6) is 0 Å². The van der Waals surface area contributed by atoms with E-state index in [4.69, 9.17) is 4.98 Å². The SMILES string of the molecule is O=C(C=Cc1ccccc1-c1cn(C(c2ccccc2)(c2ccccc2)c2ccccc2)cn1)c1ccc2cnccc2c1. The van der Waals surface area contributed by atoms with E-state index < -0.39 is 5.54 Å². The van der Waals surface area contributed by atoms with Crippen LogP contribution in [0, 0.1) is 0 Å². The van der Waals surface area contributed by atoms with E-state index in [9.17, 15) is 4.79 Å². The number of hydrogen-bond donors (Lipinski definition) is 0. The number of imidazole rings is 1. The van der Waals surface area contributed by atoms with Crippen molar-refractivity contribution >= 4 is 22.6 Å². The highest BCUT2D eigenvalue weighted by Crippen LogP contribution is 2.41. The van der Waals surface area contributed by atoms with Crippen LogP contribution in [0.4, 0.5) is 0 Å². The number of hydrogen-bond acceptors (Lipinski definition) is 3. The predicted molar refractivity (Wildman–Crippen MR) is 177 cm³/mol. The number of carbonyl (C=O) groups excluding carboxylic acids is 1. The lowest BCUT2D eigenvalue weighted by Gasteiger charge is -2.37. The first kappa shape index (κ1) is 27.0. The third kappa shape index (κ3) is 4.93. The number of carbonyl (C=O) groups is 1. The second kappa shape index (κ2) is 11.8. The van der Waals surface area contributed by atoms with Crippen molar-refractivity contribution in [1.29, 1.82) is 0 Å². The lowest BCUT2D eigenvalue weighted by Crippen LogP contribution is -2.36. The van der Waals surface area contributed by atoms with Crippen molar-refractivity contribution in [3.05, 3.63) is 198 Å². The molecule has 4 nitrogen and oxygen atoms in total. The molecule has 44 heavy (non-hydrogen) atoms. The molecule has 0 aliphatic heterocycles. The number of rotatable bonds is 8. The highest BCUT2D eigenvalue weighted by Gasteiger charge is 2.38. The fourth-order valence-electron chi connectivity index (χ4n) is 6.00. The van der Waals surface area contributed by atoms with Gasteiger partial charge in [0.2, 0.25) is 0 Å². The van der Waals surface area contributed by atoms with Gasteiger partial charge in [0.25, 0.3) is 0 Å². The fourth-order valence-corrected chi connectivity index (χ4v) is 6.00.